The fourth-order valence-electron chi connectivity index (χ4n) is 2.37. The maximum Gasteiger partial charge on any atom is 0.0509 e. The monoisotopic (exact) mass is 268 g/mol. The van der Waals surface area contributed by atoms with E-state index >= 15 is 0 Å². The Morgan fingerprint density at radius 3 is 2.44 bits per heavy atom. The minimum absolute atomic E-state index is 0.526. The van der Waals surface area contributed by atoms with E-state index in [1.807, 2.05) is 12.4 Å². The van der Waals surface area contributed by atoms with Crippen molar-refractivity contribution in [3.63, 3.8) is 0 Å². The van der Waals surface area contributed by atoms with Gasteiger partial charge in [0.15, 0.2) is 0 Å². The fourth-order valence-corrected chi connectivity index (χ4v) is 2.58. The minimum Gasteiger partial charge on any atom is -0.368 e. The van der Waals surface area contributed by atoms with Crippen LogP contribution in [0.2, 0.25) is 0 Å². The molecule has 0 saturated heterocycles. The van der Waals surface area contributed by atoms with Crippen LogP contribution < -0.4 is 4.90 Å². The normalized spacial score (nSPS) is 11.3. The Morgan fingerprint density at radius 1 is 1.28 bits per heavy atom. The Hall–Kier alpha value is -0.760. The van der Waals surface area contributed by atoms with Gasteiger partial charge in [0.05, 0.1) is 5.88 Å². The first-order chi connectivity index (χ1) is 8.63. The van der Waals surface area contributed by atoms with Crippen LogP contribution in [0, 0.1) is 5.92 Å². The molecule has 1 heterocycles. The lowest BCUT2D eigenvalue weighted by molar-refractivity contribution is 0.506. The number of nitrogens with zero attached hydrogens (tertiary/aromatic N) is 2. The summed E-state index contributed by atoms with van der Waals surface area (Å²) in [5.74, 6) is 1.17. The van der Waals surface area contributed by atoms with E-state index in [-0.39, 0.29) is 0 Å². The van der Waals surface area contributed by atoms with Crippen LogP contribution in [0.25, 0.3) is 0 Å². The van der Waals surface area contributed by atoms with Crippen molar-refractivity contribution < 1.29 is 0 Å². The highest BCUT2D eigenvalue weighted by molar-refractivity contribution is 6.17. The molecule has 1 rings (SSSR count). The predicted molar refractivity (Wildman–Crippen MR) is 80.3 cm³/mol. The Labute approximate surface area is 116 Å². The Kier molecular flexibility index (Phi) is 6.48. The van der Waals surface area contributed by atoms with Crippen LogP contribution in [0.3, 0.4) is 0 Å². The van der Waals surface area contributed by atoms with Gasteiger partial charge in [0.1, 0.15) is 0 Å². The van der Waals surface area contributed by atoms with E-state index in [0.717, 1.165) is 24.9 Å². The number of alkyl halides is 1. The highest BCUT2D eigenvalue weighted by Crippen LogP contribution is 2.26. The zero-order chi connectivity index (χ0) is 13.5. The molecule has 1 aromatic rings. The Balaban J connectivity index is 3.07. The van der Waals surface area contributed by atoms with Crippen molar-refractivity contribution in [1.29, 1.82) is 0 Å². The molecule has 0 aromatic carbocycles. The van der Waals surface area contributed by atoms with Gasteiger partial charge in [-0.3, -0.25) is 4.98 Å². The zero-order valence-corrected chi connectivity index (χ0v) is 12.7. The van der Waals surface area contributed by atoms with Crippen LogP contribution >= 0.6 is 11.6 Å². The third kappa shape index (κ3) is 3.88. The van der Waals surface area contributed by atoms with Crippen LogP contribution in [-0.4, -0.2) is 17.6 Å². The highest BCUT2D eigenvalue weighted by Gasteiger charge is 2.19. The van der Waals surface area contributed by atoms with Gasteiger partial charge >= 0.3 is 0 Å². The largest absolute Gasteiger partial charge is 0.368 e. The van der Waals surface area contributed by atoms with Crippen LogP contribution in [0.5, 0.6) is 0 Å². The average molecular weight is 269 g/mol. The van der Waals surface area contributed by atoms with E-state index in [4.69, 9.17) is 11.6 Å². The van der Waals surface area contributed by atoms with Gasteiger partial charge in [-0.15, -0.1) is 11.6 Å². The van der Waals surface area contributed by atoms with Gasteiger partial charge in [-0.1, -0.05) is 27.7 Å². The second kappa shape index (κ2) is 7.63. The summed E-state index contributed by atoms with van der Waals surface area (Å²) in [5.41, 5.74) is 2.38. The fraction of sp³-hybridized carbons (Fsp3) is 0.667. The van der Waals surface area contributed by atoms with Crippen molar-refractivity contribution in [1.82, 2.24) is 4.98 Å². The first-order valence-corrected chi connectivity index (χ1v) is 7.42. The molecule has 18 heavy (non-hydrogen) atoms. The zero-order valence-electron chi connectivity index (χ0n) is 12.0. The molecule has 0 aliphatic heterocycles. The van der Waals surface area contributed by atoms with E-state index in [0.29, 0.717) is 17.8 Å². The quantitative estimate of drug-likeness (QED) is 0.678. The number of hydrogen-bond donors (Lipinski definition) is 0. The molecule has 0 radical (unpaired) electrons. The standard InChI is InChI=1S/C15H25ClN2/c1-5-14(6-2)18(11-12(3)4)15-7-8-17-10-13(15)9-16/h7-8,10,12,14H,5-6,9,11H2,1-4H3. The molecule has 0 fully saturated rings. The van der Waals surface area contributed by atoms with Crippen molar-refractivity contribution >= 4 is 17.3 Å². The molecule has 102 valence electrons. The van der Waals surface area contributed by atoms with Crippen LogP contribution in [0.1, 0.15) is 46.1 Å². The second-order valence-electron chi connectivity index (χ2n) is 5.15. The summed E-state index contributed by atoms with van der Waals surface area (Å²) in [4.78, 5) is 6.68. The van der Waals surface area contributed by atoms with Gasteiger partial charge < -0.3 is 4.90 Å². The van der Waals surface area contributed by atoms with Crippen molar-refractivity contribution in [3.8, 4) is 0 Å². The van der Waals surface area contributed by atoms with Crippen LogP contribution in [0.15, 0.2) is 18.5 Å². The molecule has 0 spiro atoms. The molecule has 1 aromatic heterocycles. The molecule has 0 atom stereocenters. The van der Waals surface area contributed by atoms with Crippen molar-refractivity contribution in [2.75, 3.05) is 11.4 Å². The highest BCUT2D eigenvalue weighted by atomic mass is 35.5. The molecule has 0 aliphatic rings. The van der Waals surface area contributed by atoms with Gasteiger partial charge in [-0.2, -0.15) is 0 Å². The summed E-state index contributed by atoms with van der Waals surface area (Å²) in [6, 6.07) is 2.68. The molecule has 0 amide bonds. The van der Waals surface area contributed by atoms with Gasteiger partial charge in [0.2, 0.25) is 0 Å². The summed E-state index contributed by atoms with van der Waals surface area (Å²) in [6.07, 6.45) is 6.07. The summed E-state index contributed by atoms with van der Waals surface area (Å²) in [5, 5.41) is 0. The minimum atomic E-state index is 0.526. The van der Waals surface area contributed by atoms with E-state index in [1.54, 1.807) is 0 Å². The summed E-state index contributed by atoms with van der Waals surface area (Å²) in [6.45, 7) is 10.1. The van der Waals surface area contributed by atoms with Gasteiger partial charge in [-0.05, 0) is 24.8 Å². The molecular formula is C15H25ClN2. The van der Waals surface area contributed by atoms with Crippen molar-refractivity contribution in [2.24, 2.45) is 5.92 Å². The molecule has 0 bridgehead atoms. The van der Waals surface area contributed by atoms with Crippen molar-refractivity contribution in [2.45, 2.75) is 52.5 Å². The lowest BCUT2D eigenvalue weighted by Crippen LogP contribution is -2.38. The molecule has 0 N–H and O–H groups in total. The Morgan fingerprint density at radius 2 is 1.94 bits per heavy atom. The van der Waals surface area contributed by atoms with E-state index in [2.05, 4.69) is 43.6 Å². The van der Waals surface area contributed by atoms with Crippen LogP contribution in [-0.2, 0) is 5.88 Å². The number of rotatable bonds is 7. The van der Waals surface area contributed by atoms with E-state index in [1.165, 1.54) is 5.69 Å². The second-order valence-corrected chi connectivity index (χ2v) is 5.42. The smallest absolute Gasteiger partial charge is 0.0509 e. The third-order valence-electron chi connectivity index (χ3n) is 3.28. The number of halogens is 1. The van der Waals surface area contributed by atoms with Gasteiger partial charge in [0, 0.05) is 36.2 Å². The number of anilines is 1. The maximum absolute atomic E-state index is 6.04. The van der Waals surface area contributed by atoms with E-state index in [9.17, 15) is 0 Å². The molecule has 0 aliphatic carbocycles. The number of hydrogen-bond acceptors (Lipinski definition) is 2. The van der Waals surface area contributed by atoms with Crippen molar-refractivity contribution in [3.05, 3.63) is 24.0 Å². The van der Waals surface area contributed by atoms with Gasteiger partial charge in [0.25, 0.3) is 0 Å². The number of pyridine rings is 1. The molecule has 0 saturated carbocycles. The SMILES string of the molecule is CCC(CC)N(CC(C)C)c1ccncc1CCl. The van der Waals surface area contributed by atoms with Gasteiger partial charge in [-0.25, -0.2) is 0 Å². The van der Waals surface area contributed by atoms with Crippen LogP contribution in [0.4, 0.5) is 5.69 Å². The lowest BCUT2D eigenvalue weighted by atomic mass is 10.1. The summed E-state index contributed by atoms with van der Waals surface area (Å²) < 4.78 is 0. The summed E-state index contributed by atoms with van der Waals surface area (Å²) in [7, 11) is 0. The first-order valence-electron chi connectivity index (χ1n) is 6.89. The molecular weight excluding hydrogens is 244 g/mol. The average Bonchev–Trinajstić information content (AvgIpc) is 2.38. The predicted octanol–water partition coefficient (Wildman–Crippen LogP) is 4.47. The van der Waals surface area contributed by atoms with E-state index < -0.39 is 0 Å². The molecule has 0 unspecified atom stereocenters. The number of aromatic nitrogens is 1. The first kappa shape index (κ1) is 15.3. The Bertz CT molecular complexity index is 348. The summed E-state index contributed by atoms with van der Waals surface area (Å²) >= 11 is 6.04. The third-order valence-corrected chi connectivity index (χ3v) is 3.56. The molecule has 2 nitrogen and oxygen atoms in total. The molecule has 3 heteroatoms. The lowest BCUT2D eigenvalue weighted by Gasteiger charge is -2.35. The maximum atomic E-state index is 6.04. The topological polar surface area (TPSA) is 16.1 Å².